The Hall–Kier alpha value is -2.38. The van der Waals surface area contributed by atoms with Crippen molar-refractivity contribution >= 4 is 5.91 Å². The van der Waals surface area contributed by atoms with Crippen molar-refractivity contribution in [1.82, 2.24) is 14.7 Å². The van der Waals surface area contributed by atoms with E-state index in [4.69, 9.17) is 9.47 Å². The number of likely N-dealkylation sites (tertiary alicyclic amines) is 1. The van der Waals surface area contributed by atoms with Crippen LogP contribution in [0.3, 0.4) is 0 Å². The molecule has 2 aliphatic heterocycles. The average Bonchev–Trinajstić information content (AvgIpc) is 3.15. The Kier molecular flexibility index (Phi) is 6.08. The summed E-state index contributed by atoms with van der Waals surface area (Å²) < 4.78 is 14.1. The summed E-state index contributed by atoms with van der Waals surface area (Å²) in [6.07, 6.45) is 3.90. The van der Waals surface area contributed by atoms with E-state index in [-0.39, 0.29) is 18.1 Å². The number of aliphatic hydroxyl groups is 1. The van der Waals surface area contributed by atoms with Gasteiger partial charge in [0.2, 0.25) is 0 Å². The van der Waals surface area contributed by atoms with Gasteiger partial charge in [-0.2, -0.15) is 5.10 Å². The second-order valence-corrected chi connectivity index (χ2v) is 9.20. The number of hydrogen-bond acceptors (Lipinski definition) is 5. The molecule has 2 aromatic rings. The van der Waals surface area contributed by atoms with Gasteiger partial charge in [-0.15, -0.1) is 0 Å². The molecule has 7 nitrogen and oxygen atoms in total. The molecular formula is C24H33N3O4. The first-order chi connectivity index (χ1) is 14.8. The van der Waals surface area contributed by atoms with Crippen molar-refractivity contribution in [3.8, 4) is 5.75 Å². The number of carbonyl (C=O) groups excluding carboxylic acids is 1. The van der Waals surface area contributed by atoms with Crippen LogP contribution in [0.4, 0.5) is 0 Å². The molecule has 2 saturated heterocycles. The first kappa shape index (κ1) is 21.8. The number of piperidine rings is 1. The molecule has 0 aliphatic carbocycles. The number of aryl methyl sites for hydroxylation is 2. The lowest BCUT2D eigenvalue weighted by atomic mass is 9.81. The van der Waals surface area contributed by atoms with Crippen molar-refractivity contribution in [2.24, 2.45) is 7.05 Å². The van der Waals surface area contributed by atoms with Crippen molar-refractivity contribution in [2.45, 2.75) is 70.4 Å². The van der Waals surface area contributed by atoms with Crippen LogP contribution < -0.4 is 4.74 Å². The third-order valence-electron chi connectivity index (χ3n) is 6.42. The molecule has 1 N–H and O–H groups in total. The Balaban J connectivity index is 1.42. The fraction of sp³-hybridized carbons (Fsp3) is 0.583. The number of aliphatic hydroxyl groups excluding tert-OH is 1. The summed E-state index contributed by atoms with van der Waals surface area (Å²) in [6.45, 7) is 7.19. The molecule has 1 amide bonds. The van der Waals surface area contributed by atoms with Gasteiger partial charge in [-0.05, 0) is 63.4 Å². The number of hydrogen-bond donors (Lipinski definition) is 1. The molecule has 0 bridgehead atoms. The van der Waals surface area contributed by atoms with E-state index in [2.05, 4.69) is 5.10 Å². The predicted molar refractivity (Wildman–Crippen MR) is 117 cm³/mol. The number of amides is 1. The summed E-state index contributed by atoms with van der Waals surface area (Å²) in [5.41, 5.74) is 2.23. The maximum absolute atomic E-state index is 13.1. The van der Waals surface area contributed by atoms with Crippen LogP contribution in [0.25, 0.3) is 0 Å². The molecular weight excluding hydrogens is 394 g/mol. The largest absolute Gasteiger partial charge is 0.491 e. The second kappa shape index (κ2) is 8.63. The zero-order chi connectivity index (χ0) is 22.2. The first-order valence-corrected chi connectivity index (χ1v) is 11.2. The van der Waals surface area contributed by atoms with Gasteiger partial charge in [-0.3, -0.25) is 9.48 Å². The fourth-order valence-corrected chi connectivity index (χ4v) is 4.83. The molecule has 0 radical (unpaired) electrons. The van der Waals surface area contributed by atoms with Crippen LogP contribution >= 0.6 is 0 Å². The minimum absolute atomic E-state index is 0.0357. The summed E-state index contributed by atoms with van der Waals surface area (Å²) in [5.74, 6) is 0.850. The quantitative estimate of drug-likeness (QED) is 0.809. The van der Waals surface area contributed by atoms with Crippen molar-refractivity contribution in [1.29, 1.82) is 0 Å². The molecule has 2 fully saturated rings. The van der Waals surface area contributed by atoms with Gasteiger partial charge < -0.3 is 19.5 Å². The first-order valence-electron chi connectivity index (χ1n) is 11.2. The lowest BCUT2D eigenvalue weighted by Gasteiger charge is -2.47. The molecule has 1 aromatic heterocycles. The van der Waals surface area contributed by atoms with Crippen LogP contribution in [-0.2, 0) is 11.8 Å². The Labute approximate surface area is 184 Å². The molecule has 2 aliphatic rings. The molecule has 2 atom stereocenters. The van der Waals surface area contributed by atoms with Crippen LogP contribution in [0.5, 0.6) is 5.75 Å². The van der Waals surface area contributed by atoms with Gasteiger partial charge in [0.05, 0.1) is 23.5 Å². The number of carbonyl (C=O) groups is 1. The molecule has 31 heavy (non-hydrogen) atoms. The SMILES string of the molecule is Cc1cc(C(=O)N2CCC3(CC2)C[C@H](O)C[C@H](c2ccnn2C)O3)ccc1OC(C)C. The van der Waals surface area contributed by atoms with Gasteiger partial charge in [-0.1, -0.05) is 0 Å². The Morgan fingerprint density at radius 2 is 2.03 bits per heavy atom. The number of nitrogens with zero attached hydrogens (tertiary/aromatic N) is 3. The monoisotopic (exact) mass is 427 g/mol. The normalized spacial score (nSPS) is 23.4. The van der Waals surface area contributed by atoms with E-state index in [0.717, 1.165) is 29.8 Å². The summed E-state index contributed by atoms with van der Waals surface area (Å²) in [5, 5.41) is 14.8. The molecule has 4 rings (SSSR count). The highest BCUT2D eigenvalue weighted by molar-refractivity contribution is 5.94. The molecule has 1 spiro atoms. The fourth-order valence-electron chi connectivity index (χ4n) is 4.83. The third-order valence-corrected chi connectivity index (χ3v) is 6.42. The van der Waals surface area contributed by atoms with Crippen LogP contribution in [0.2, 0.25) is 0 Å². The Bertz CT molecular complexity index is 931. The standard InChI is InChI=1S/C24H33N3O4/c1-16(2)30-21-6-5-18(13-17(21)3)23(29)27-11-8-24(9-12-27)15-19(28)14-22(31-24)20-7-10-25-26(20)4/h5-7,10,13,16,19,22,28H,8-9,11-12,14-15H2,1-4H3/t19-,22-/m1/s1. The smallest absolute Gasteiger partial charge is 0.253 e. The van der Waals surface area contributed by atoms with Gasteiger partial charge in [0, 0.05) is 44.7 Å². The number of rotatable bonds is 4. The zero-order valence-corrected chi connectivity index (χ0v) is 18.9. The minimum atomic E-state index is -0.410. The molecule has 0 unspecified atom stereocenters. The van der Waals surface area contributed by atoms with Gasteiger partial charge >= 0.3 is 0 Å². The van der Waals surface area contributed by atoms with E-state index in [1.54, 1.807) is 6.20 Å². The van der Waals surface area contributed by atoms with Crippen molar-refractivity contribution in [3.63, 3.8) is 0 Å². The minimum Gasteiger partial charge on any atom is -0.491 e. The molecule has 3 heterocycles. The number of benzene rings is 1. The van der Waals surface area contributed by atoms with E-state index >= 15 is 0 Å². The molecule has 1 aromatic carbocycles. The summed E-state index contributed by atoms with van der Waals surface area (Å²) in [6, 6.07) is 7.58. The predicted octanol–water partition coefficient (Wildman–Crippen LogP) is 3.40. The van der Waals surface area contributed by atoms with Gasteiger partial charge in [0.1, 0.15) is 11.9 Å². The van der Waals surface area contributed by atoms with Crippen LogP contribution in [-0.4, -0.2) is 56.6 Å². The van der Waals surface area contributed by atoms with Gasteiger partial charge in [0.25, 0.3) is 5.91 Å². The van der Waals surface area contributed by atoms with Gasteiger partial charge in [-0.25, -0.2) is 0 Å². The van der Waals surface area contributed by atoms with Crippen molar-refractivity contribution in [3.05, 3.63) is 47.3 Å². The van der Waals surface area contributed by atoms with Crippen LogP contribution in [0.15, 0.2) is 30.5 Å². The third kappa shape index (κ3) is 4.62. The highest BCUT2D eigenvalue weighted by Crippen LogP contribution is 2.43. The highest BCUT2D eigenvalue weighted by Gasteiger charge is 2.45. The lowest BCUT2D eigenvalue weighted by molar-refractivity contribution is -0.183. The van der Waals surface area contributed by atoms with E-state index in [1.807, 2.05) is 61.7 Å². The average molecular weight is 428 g/mol. The van der Waals surface area contributed by atoms with E-state index in [0.29, 0.717) is 31.5 Å². The Morgan fingerprint density at radius 1 is 1.29 bits per heavy atom. The summed E-state index contributed by atoms with van der Waals surface area (Å²) in [7, 11) is 1.90. The second-order valence-electron chi connectivity index (χ2n) is 9.20. The van der Waals surface area contributed by atoms with E-state index < -0.39 is 11.7 Å². The van der Waals surface area contributed by atoms with Crippen molar-refractivity contribution < 1.29 is 19.4 Å². The molecule has 7 heteroatoms. The zero-order valence-electron chi connectivity index (χ0n) is 18.9. The Morgan fingerprint density at radius 3 is 2.65 bits per heavy atom. The van der Waals surface area contributed by atoms with Crippen LogP contribution in [0.1, 0.15) is 67.3 Å². The number of aromatic nitrogens is 2. The topological polar surface area (TPSA) is 76.8 Å². The molecule has 168 valence electrons. The summed E-state index contributed by atoms with van der Waals surface area (Å²) in [4.78, 5) is 15.0. The maximum Gasteiger partial charge on any atom is 0.253 e. The molecule has 0 saturated carbocycles. The summed E-state index contributed by atoms with van der Waals surface area (Å²) >= 11 is 0. The van der Waals surface area contributed by atoms with Crippen LogP contribution in [0, 0.1) is 6.92 Å². The van der Waals surface area contributed by atoms with Crippen molar-refractivity contribution in [2.75, 3.05) is 13.1 Å². The van der Waals surface area contributed by atoms with E-state index in [1.165, 1.54) is 0 Å². The number of ether oxygens (including phenoxy) is 2. The van der Waals surface area contributed by atoms with Gasteiger partial charge in [0.15, 0.2) is 0 Å². The highest BCUT2D eigenvalue weighted by atomic mass is 16.5. The van der Waals surface area contributed by atoms with E-state index in [9.17, 15) is 9.90 Å². The lowest BCUT2D eigenvalue weighted by Crippen LogP contribution is -2.52. The maximum atomic E-state index is 13.1.